The van der Waals surface area contributed by atoms with Crippen LogP contribution in [0.3, 0.4) is 0 Å². The molecule has 0 fully saturated rings. The maximum absolute atomic E-state index is 11.6. The number of aryl methyl sites for hydroxylation is 1. The van der Waals surface area contributed by atoms with Gasteiger partial charge in [-0.1, -0.05) is 66.7 Å². The number of hydrogen-bond donors (Lipinski definition) is 2. The van der Waals surface area contributed by atoms with Crippen molar-refractivity contribution in [3.63, 3.8) is 0 Å². The maximum Gasteiger partial charge on any atom is 0.335 e. The molecule has 5 rings (SSSR count). The van der Waals surface area contributed by atoms with Crippen LogP contribution in [-0.4, -0.2) is 24.2 Å². The van der Waals surface area contributed by atoms with E-state index in [0.717, 1.165) is 30.8 Å². The predicted octanol–water partition coefficient (Wildman–Crippen LogP) is 6.51. The van der Waals surface area contributed by atoms with Crippen LogP contribution >= 0.6 is 0 Å². The average Bonchev–Trinajstić information content (AvgIpc) is 2.86. The number of hydrogen-bond acceptors (Lipinski definition) is 3. The number of para-hydroxylation sites is 1. The Morgan fingerprint density at radius 3 is 2.62 bits per heavy atom. The summed E-state index contributed by atoms with van der Waals surface area (Å²) >= 11 is 0. The zero-order valence-corrected chi connectivity index (χ0v) is 19.7. The first-order valence-corrected chi connectivity index (χ1v) is 11.9. The van der Waals surface area contributed by atoms with Crippen LogP contribution in [-0.2, 0) is 6.42 Å². The molecular formula is C30H30N2O2. The van der Waals surface area contributed by atoms with Gasteiger partial charge < -0.3 is 15.3 Å². The molecule has 0 aliphatic carbocycles. The quantitative estimate of drug-likeness (QED) is 0.352. The Morgan fingerprint density at radius 1 is 1.00 bits per heavy atom. The highest BCUT2D eigenvalue weighted by atomic mass is 16.4. The normalized spacial score (nSPS) is 16.3. The lowest BCUT2D eigenvalue weighted by Gasteiger charge is -2.37. The largest absolute Gasteiger partial charge is 0.478 e. The standard InChI is InChI=1S/C30H30N2O2/c1-20-14-15-25(30(33)34)17-29(20)32-19-22(16-24-9-4-6-13-28(24)32)18-31-21(2)26-12-7-10-23-8-3-5-11-27(23)26/h3-15,17,21-22,31H,16,18-19H2,1-2H3,(H,33,34)/t21-,22?/m1/s1. The topological polar surface area (TPSA) is 52.6 Å². The molecule has 0 saturated carbocycles. The summed E-state index contributed by atoms with van der Waals surface area (Å²) in [6.45, 7) is 6.01. The van der Waals surface area contributed by atoms with Gasteiger partial charge in [-0.25, -0.2) is 4.79 Å². The molecular weight excluding hydrogens is 420 g/mol. The number of nitrogens with zero attached hydrogens (tertiary/aromatic N) is 1. The van der Waals surface area contributed by atoms with Gasteiger partial charge in [-0.3, -0.25) is 0 Å². The summed E-state index contributed by atoms with van der Waals surface area (Å²) in [6, 6.07) is 29.2. The minimum atomic E-state index is -0.895. The molecule has 4 aromatic carbocycles. The number of benzene rings is 4. The number of fused-ring (bicyclic) bond motifs is 2. The van der Waals surface area contributed by atoms with Crippen molar-refractivity contribution in [2.45, 2.75) is 26.3 Å². The van der Waals surface area contributed by atoms with Crippen molar-refractivity contribution in [1.29, 1.82) is 0 Å². The zero-order valence-electron chi connectivity index (χ0n) is 19.7. The number of carboxylic acid groups (broad SMARTS) is 1. The van der Waals surface area contributed by atoms with Gasteiger partial charge in [0.25, 0.3) is 0 Å². The smallest absolute Gasteiger partial charge is 0.335 e. The molecule has 1 aliphatic heterocycles. The van der Waals surface area contributed by atoms with Gasteiger partial charge in [0.05, 0.1) is 5.56 Å². The molecule has 4 heteroatoms. The van der Waals surface area contributed by atoms with Crippen LogP contribution in [0.1, 0.15) is 40.0 Å². The van der Waals surface area contributed by atoms with E-state index in [4.69, 9.17) is 0 Å². The highest BCUT2D eigenvalue weighted by Crippen LogP contribution is 2.37. The average molecular weight is 451 g/mol. The van der Waals surface area contributed by atoms with Gasteiger partial charge in [0, 0.05) is 30.5 Å². The molecule has 0 bridgehead atoms. The van der Waals surface area contributed by atoms with Crippen molar-refractivity contribution in [3.8, 4) is 0 Å². The van der Waals surface area contributed by atoms with Gasteiger partial charge in [-0.15, -0.1) is 0 Å². The molecule has 2 atom stereocenters. The van der Waals surface area contributed by atoms with Gasteiger partial charge in [-0.2, -0.15) is 0 Å². The van der Waals surface area contributed by atoms with Crippen LogP contribution in [0, 0.1) is 12.8 Å². The van der Waals surface area contributed by atoms with E-state index in [1.807, 2.05) is 19.1 Å². The van der Waals surface area contributed by atoms with Crippen LogP contribution in [0.2, 0.25) is 0 Å². The van der Waals surface area contributed by atoms with Gasteiger partial charge >= 0.3 is 5.97 Å². The second-order valence-corrected chi connectivity index (χ2v) is 9.31. The first-order valence-electron chi connectivity index (χ1n) is 11.9. The second-order valence-electron chi connectivity index (χ2n) is 9.31. The third kappa shape index (κ3) is 4.29. The van der Waals surface area contributed by atoms with E-state index < -0.39 is 5.97 Å². The molecule has 4 nitrogen and oxygen atoms in total. The molecule has 0 saturated heterocycles. The van der Waals surface area contributed by atoms with E-state index in [2.05, 4.69) is 83.9 Å². The summed E-state index contributed by atoms with van der Waals surface area (Å²) in [4.78, 5) is 13.9. The monoisotopic (exact) mass is 450 g/mol. The van der Waals surface area contributed by atoms with E-state index in [1.54, 1.807) is 6.07 Å². The molecule has 0 amide bonds. The third-order valence-electron chi connectivity index (χ3n) is 6.98. The molecule has 2 N–H and O–H groups in total. The van der Waals surface area contributed by atoms with E-state index in [-0.39, 0.29) is 6.04 Å². The van der Waals surface area contributed by atoms with Crippen LogP contribution in [0.15, 0.2) is 84.9 Å². The Kier molecular flexibility index (Phi) is 6.08. The summed E-state index contributed by atoms with van der Waals surface area (Å²) in [7, 11) is 0. The highest BCUT2D eigenvalue weighted by molar-refractivity contribution is 5.90. The van der Waals surface area contributed by atoms with Crippen LogP contribution in [0.5, 0.6) is 0 Å². The Hall–Kier alpha value is -3.63. The molecule has 0 radical (unpaired) electrons. The fourth-order valence-electron chi connectivity index (χ4n) is 5.16. The van der Waals surface area contributed by atoms with Crippen molar-refractivity contribution in [2.24, 2.45) is 5.92 Å². The minimum Gasteiger partial charge on any atom is -0.478 e. The number of carbonyl (C=O) groups is 1. The van der Waals surface area contributed by atoms with E-state index in [9.17, 15) is 9.90 Å². The lowest BCUT2D eigenvalue weighted by atomic mass is 9.90. The van der Waals surface area contributed by atoms with E-state index in [0.29, 0.717) is 11.5 Å². The maximum atomic E-state index is 11.6. The van der Waals surface area contributed by atoms with Crippen LogP contribution in [0.25, 0.3) is 10.8 Å². The molecule has 4 aromatic rings. The number of anilines is 2. The first-order chi connectivity index (χ1) is 16.5. The van der Waals surface area contributed by atoms with Crippen molar-refractivity contribution in [1.82, 2.24) is 5.32 Å². The summed E-state index contributed by atoms with van der Waals surface area (Å²) in [5.41, 5.74) is 6.17. The number of rotatable bonds is 6. The zero-order chi connectivity index (χ0) is 23.7. The lowest BCUT2D eigenvalue weighted by Crippen LogP contribution is -2.38. The Morgan fingerprint density at radius 2 is 1.76 bits per heavy atom. The summed E-state index contributed by atoms with van der Waals surface area (Å²) in [5.74, 6) is -0.492. The Balaban J connectivity index is 1.40. The van der Waals surface area contributed by atoms with Gasteiger partial charge in [0.1, 0.15) is 0 Å². The molecule has 1 heterocycles. The fourth-order valence-corrected chi connectivity index (χ4v) is 5.16. The molecule has 172 valence electrons. The van der Waals surface area contributed by atoms with Crippen molar-refractivity contribution in [3.05, 3.63) is 107 Å². The number of carboxylic acids is 1. The SMILES string of the molecule is Cc1ccc(C(=O)O)cc1N1CC(CN[C@H](C)c2cccc3ccccc23)Cc2ccccc21. The first kappa shape index (κ1) is 22.2. The number of aromatic carboxylic acids is 1. The summed E-state index contributed by atoms with van der Waals surface area (Å²) in [6.07, 6.45) is 1.000. The van der Waals surface area contributed by atoms with Gasteiger partial charge in [0.15, 0.2) is 0 Å². The molecule has 0 aromatic heterocycles. The van der Waals surface area contributed by atoms with Crippen molar-refractivity contribution in [2.75, 3.05) is 18.0 Å². The molecule has 1 aliphatic rings. The van der Waals surface area contributed by atoms with Crippen molar-refractivity contribution >= 4 is 28.1 Å². The van der Waals surface area contributed by atoms with Crippen LogP contribution < -0.4 is 10.2 Å². The van der Waals surface area contributed by atoms with E-state index in [1.165, 1.54) is 27.6 Å². The Bertz CT molecular complexity index is 1340. The summed E-state index contributed by atoms with van der Waals surface area (Å²) in [5, 5.41) is 15.9. The molecule has 34 heavy (non-hydrogen) atoms. The molecule has 0 spiro atoms. The summed E-state index contributed by atoms with van der Waals surface area (Å²) < 4.78 is 0. The van der Waals surface area contributed by atoms with Gasteiger partial charge in [-0.05, 0) is 71.8 Å². The minimum absolute atomic E-state index is 0.230. The van der Waals surface area contributed by atoms with Crippen LogP contribution in [0.4, 0.5) is 11.4 Å². The third-order valence-corrected chi connectivity index (χ3v) is 6.98. The fraction of sp³-hybridized carbons (Fsp3) is 0.233. The lowest BCUT2D eigenvalue weighted by molar-refractivity contribution is 0.0697. The van der Waals surface area contributed by atoms with Crippen molar-refractivity contribution < 1.29 is 9.90 Å². The van der Waals surface area contributed by atoms with Gasteiger partial charge in [0.2, 0.25) is 0 Å². The second kappa shape index (κ2) is 9.32. The number of nitrogens with one attached hydrogen (secondary N) is 1. The molecule has 1 unspecified atom stereocenters. The highest BCUT2D eigenvalue weighted by Gasteiger charge is 2.27. The van der Waals surface area contributed by atoms with E-state index >= 15 is 0 Å². The Labute approximate surface area is 200 Å². The predicted molar refractivity (Wildman–Crippen MR) is 139 cm³/mol.